The Morgan fingerprint density at radius 1 is 1.10 bits per heavy atom. The predicted octanol–water partition coefficient (Wildman–Crippen LogP) is 1.66. The molecule has 2 rings (SSSR count). The molecule has 0 saturated heterocycles. The highest BCUT2D eigenvalue weighted by molar-refractivity contribution is 7.86. The molecule has 0 atom stereocenters. The minimum absolute atomic E-state index is 0.230. The molecule has 0 spiro atoms. The Balaban J connectivity index is 2.53. The van der Waals surface area contributed by atoms with Crippen molar-refractivity contribution in [2.75, 3.05) is 5.32 Å². The van der Waals surface area contributed by atoms with Gasteiger partial charge >= 0.3 is 0 Å². The summed E-state index contributed by atoms with van der Waals surface area (Å²) < 4.78 is 33.7. The third-order valence-corrected chi connectivity index (χ3v) is 3.73. The van der Waals surface area contributed by atoms with Crippen molar-refractivity contribution in [2.24, 2.45) is 0 Å². The summed E-state index contributed by atoms with van der Waals surface area (Å²) in [4.78, 5) is 22.2. The van der Waals surface area contributed by atoms with Gasteiger partial charge in [0.05, 0.1) is 11.3 Å². The van der Waals surface area contributed by atoms with E-state index in [9.17, 15) is 22.6 Å². The number of anilines is 1. The highest BCUT2D eigenvalue weighted by Crippen LogP contribution is 2.28. The first-order chi connectivity index (χ1) is 9.79. The molecule has 0 saturated carbocycles. The molecule has 2 aromatic rings. The van der Waals surface area contributed by atoms with Crippen LogP contribution >= 0.6 is 0 Å². The monoisotopic (exact) mass is 306 g/mol. The van der Waals surface area contributed by atoms with Crippen LogP contribution in [0.3, 0.4) is 0 Å². The van der Waals surface area contributed by atoms with Crippen molar-refractivity contribution in [3.8, 4) is 0 Å². The van der Waals surface area contributed by atoms with Crippen LogP contribution in [-0.4, -0.2) is 24.7 Å². The van der Waals surface area contributed by atoms with Gasteiger partial charge in [-0.15, -0.1) is 0 Å². The van der Waals surface area contributed by atoms with Crippen LogP contribution in [0.4, 0.5) is 5.69 Å². The van der Waals surface area contributed by atoms with E-state index in [0.717, 1.165) is 0 Å². The average Bonchev–Trinajstić information content (AvgIpc) is 2.36. The van der Waals surface area contributed by atoms with Gasteiger partial charge in [-0.3, -0.25) is 9.59 Å². The van der Waals surface area contributed by atoms with Crippen LogP contribution in [0.1, 0.15) is 13.3 Å². The zero-order valence-electron chi connectivity index (χ0n) is 11.1. The third kappa shape index (κ3) is 3.45. The first-order valence-corrected chi connectivity index (χ1v) is 7.47. The zero-order valence-corrected chi connectivity index (χ0v) is 11.9. The van der Waals surface area contributed by atoms with Gasteiger partial charge in [-0.05, 0) is 19.1 Å². The topological polar surface area (TPSA) is 103 Å². The number of Topliss-reactive ketones (excluding diaryl/α,β-unsaturated/α-hetero) is 1. The number of hydrogen-bond donors (Lipinski definition) is 1. The van der Waals surface area contributed by atoms with Gasteiger partial charge in [0.2, 0.25) is 5.91 Å². The molecule has 0 heterocycles. The number of rotatable bonds is 4. The number of benzene rings is 2. The number of hydrogen-bond acceptors (Lipinski definition) is 5. The summed E-state index contributed by atoms with van der Waals surface area (Å²) in [5.74, 6) is -0.777. The molecule has 7 heteroatoms. The molecule has 0 fully saturated rings. The van der Waals surface area contributed by atoms with Crippen LogP contribution in [0.25, 0.3) is 10.8 Å². The van der Waals surface area contributed by atoms with Gasteiger partial charge in [0, 0.05) is 16.5 Å². The minimum Gasteiger partial charge on any atom is -0.744 e. The SMILES string of the molecule is CC(=O)CC(=O)Nc1cccc2c(S(=O)(=O)[O-])cccc12. The molecule has 0 aliphatic carbocycles. The third-order valence-electron chi connectivity index (χ3n) is 2.84. The number of ketones is 1. The summed E-state index contributed by atoms with van der Waals surface area (Å²) in [5, 5.41) is 3.19. The quantitative estimate of drug-likeness (QED) is 0.683. The van der Waals surface area contributed by atoms with E-state index in [0.29, 0.717) is 11.1 Å². The van der Waals surface area contributed by atoms with E-state index in [1.807, 2.05) is 0 Å². The van der Waals surface area contributed by atoms with E-state index in [2.05, 4.69) is 5.32 Å². The number of carbonyl (C=O) groups is 2. The lowest BCUT2D eigenvalue weighted by atomic mass is 10.1. The molecule has 1 N–H and O–H groups in total. The Bertz CT molecular complexity index is 826. The maximum atomic E-state index is 11.6. The number of nitrogens with one attached hydrogen (secondary N) is 1. The zero-order chi connectivity index (χ0) is 15.6. The van der Waals surface area contributed by atoms with Gasteiger partial charge in [0.1, 0.15) is 15.9 Å². The summed E-state index contributed by atoms with van der Waals surface area (Å²) in [7, 11) is -4.61. The Morgan fingerprint density at radius 2 is 1.71 bits per heavy atom. The van der Waals surface area contributed by atoms with Crippen LogP contribution in [0.2, 0.25) is 0 Å². The van der Waals surface area contributed by atoms with E-state index in [1.54, 1.807) is 12.1 Å². The molecule has 0 aromatic heterocycles. The van der Waals surface area contributed by atoms with Gasteiger partial charge < -0.3 is 9.87 Å². The molecule has 6 nitrogen and oxygen atoms in total. The molecule has 0 unspecified atom stereocenters. The van der Waals surface area contributed by atoms with E-state index >= 15 is 0 Å². The number of amides is 1. The lowest BCUT2D eigenvalue weighted by Gasteiger charge is -2.13. The number of fused-ring (bicyclic) bond motifs is 1. The van der Waals surface area contributed by atoms with Crippen molar-refractivity contribution in [2.45, 2.75) is 18.2 Å². The van der Waals surface area contributed by atoms with Gasteiger partial charge in [-0.1, -0.05) is 24.3 Å². The van der Waals surface area contributed by atoms with Crippen molar-refractivity contribution in [1.29, 1.82) is 0 Å². The smallest absolute Gasteiger partial charge is 0.231 e. The molecule has 0 radical (unpaired) electrons. The fourth-order valence-electron chi connectivity index (χ4n) is 2.03. The fourth-order valence-corrected chi connectivity index (χ4v) is 2.72. The molecular weight excluding hydrogens is 294 g/mol. The molecule has 110 valence electrons. The van der Waals surface area contributed by atoms with Crippen molar-refractivity contribution < 1.29 is 22.6 Å². The van der Waals surface area contributed by atoms with E-state index in [-0.39, 0.29) is 22.5 Å². The lowest BCUT2D eigenvalue weighted by molar-refractivity contribution is -0.124. The highest BCUT2D eigenvalue weighted by atomic mass is 32.2. The second-order valence-electron chi connectivity index (χ2n) is 4.54. The van der Waals surface area contributed by atoms with Crippen LogP contribution in [-0.2, 0) is 19.7 Å². The summed E-state index contributed by atoms with van der Waals surface area (Å²) in [5.41, 5.74) is 0.351. The average molecular weight is 306 g/mol. The molecule has 0 aliphatic heterocycles. The summed E-state index contributed by atoms with van der Waals surface area (Å²) in [6.45, 7) is 1.30. The maximum Gasteiger partial charge on any atom is 0.231 e. The van der Waals surface area contributed by atoms with Crippen LogP contribution < -0.4 is 5.32 Å². The Kier molecular flexibility index (Phi) is 4.06. The summed E-state index contributed by atoms with van der Waals surface area (Å²) in [6, 6.07) is 8.82. The lowest BCUT2D eigenvalue weighted by Crippen LogP contribution is -2.15. The molecular formula is C14H12NO5S-. The maximum absolute atomic E-state index is 11.6. The van der Waals surface area contributed by atoms with E-state index in [1.165, 1.54) is 31.2 Å². The molecule has 21 heavy (non-hydrogen) atoms. The van der Waals surface area contributed by atoms with Crippen LogP contribution in [0, 0.1) is 0 Å². The Morgan fingerprint density at radius 3 is 2.33 bits per heavy atom. The fraction of sp³-hybridized carbons (Fsp3) is 0.143. The van der Waals surface area contributed by atoms with Gasteiger partial charge in [0.15, 0.2) is 0 Å². The van der Waals surface area contributed by atoms with Gasteiger partial charge in [-0.2, -0.15) is 0 Å². The van der Waals surface area contributed by atoms with Crippen molar-refractivity contribution in [1.82, 2.24) is 0 Å². The molecule has 2 aromatic carbocycles. The second kappa shape index (κ2) is 5.63. The molecule has 0 bridgehead atoms. The molecule has 1 amide bonds. The van der Waals surface area contributed by atoms with Crippen LogP contribution in [0.15, 0.2) is 41.3 Å². The van der Waals surface area contributed by atoms with Crippen molar-refractivity contribution in [3.05, 3.63) is 36.4 Å². The second-order valence-corrected chi connectivity index (χ2v) is 5.89. The Labute approximate surface area is 121 Å². The van der Waals surface area contributed by atoms with Crippen molar-refractivity contribution >= 4 is 38.3 Å². The van der Waals surface area contributed by atoms with Gasteiger partial charge in [-0.25, -0.2) is 8.42 Å². The first-order valence-electron chi connectivity index (χ1n) is 6.06. The summed E-state index contributed by atoms with van der Waals surface area (Å²) >= 11 is 0. The van der Waals surface area contributed by atoms with Gasteiger partial charge in [0.25, 0.3) is 0 Å². The predicted molar refractivity (Wildman–Crippen MR) is 75.8 cm³/mol. The standard InChI is InChI=1S/C14H13NO5S/c1-9(16)8-14(17)15-12-6-2-5-11-10(12)4-3-7-13(11)21(18,19)20/h2-7H,8H2,1H3,(H,15,17)(H,18,19,20)/p-1. The largest absolute Gasteiger partial charge is 0.744 e. The minimum atomic E-state index is -4.61. The Hall–Kier alpha value is -2.25. The van der Waals surface area contributed by atoms with E-state index in [4.69, 9.17) is 0 Å². The normalized spacial score (nSPS) is 11.3. The highest BCUT2D eigenvalue weighted by Gasteiger charge is 2.11. The van der Waals surface area contributed by atoms with E-state index < -0.39 is 16.0 Å². The molecule has 0 aliphatic rings. The van der Waals surface area contributed by atoms with Crippen molar-refractivity contribution in [3.63, 3.8) is 0 Å². The number of carbonyl (C=O) groups excluding carboxylic acids is 2. The first kappa shape index (κ1) is 15.1. The summed E-state index contributed by atoms with van der Waals surface area (Å²) in [6.07, 6.45) is -0.268. The van der Waals surface area contributed by atoms with Crippen LogP contribution in [0.5, 0.6) is 0 Å².